The van der Waals surface area contributed by atoms with Gasteiger partial charge < -0.3 is 4.74 Å². The maximum atomic E-state index is 10.0. The van der Waals surface area contributed by atoms with Crippen molar-refractivity contribution in [3.63, 3.8) is 0 Å². The van der Waals surface area contributed by atoms with Crippen LogP contribution < -0.4 is 4.74 Å². The van der Waals surface area contributed by atoms with Gasteiger partial charge in [0.05, 0.1) is 13.3 Å². The summed E-state index contributed by atoms with van der Waals surface area (Å²) in [6.07, 6.45) is 2.95. The van der Waals surface area contributed by atoms with E-state index < -0.39 is 0 Å². The minimum absolute atomic E-state index is 0.340. The Bertz CT molecular complexity index is 370. The maximum Gasteiger partial charge on any atom is 0.122 e. The molecule has 1 aromatic carbocycles. The summed E-state index contributed by atoms with van der Waals surface area (Å²) in [6, 6.07) is 5.76. The molecule has 0 saturated carbocycles. The molecule has 1 rings (SSSR count). The SMILES string of the molecule is COc1cccc(/C=C/N=O)c1C(C)C. The summed E-state index contributed by atoms with van der Waals surface area (Å²) in [5.41, 5.74) is 2.07. The van der Waals surface area contributed by atoms with Crippen molar-refractivity contribution < 1.29 is 4.74 Å². The predicted octanol–water partition coefficient (Wildman–Crippen LogP) is 3.56. The van der Waals surface area contributed by atoms with Gasteiger partial charge in [-0.25, -0.2) is 0 Å². The van der Waals surface area contributed by atoms with Crippen molar-refractivity contribution >= 4 is 6.08 Å². The van der Waals surface area contributed by atoms with Gasteiger partial charge in [0.2, 0.25) is 0 Å². The quantitative estimate of drug-likeness (QED) is 0.705. The van der Waals surface area contributed by atoms with Crippen LogP contribution in [0.15, 0.2) is 29.6 Å². The standard InChI is InChI=1S/C12H15NO2/c1-9(2)12-10(7-8-13-14)5-4-6-11(12)15-3/h4-9H,1-3H3/b8-7+. The Morgan fingerprint density at radius 1 is 1.40 bits per heavy atom. The van der Waals surface area contributed by atoms with Gasteiger partial charge in [-0.1, -0.05) is 26.0 Å². The van der Waals surface area contributed by atoms with Crippen LogP contribution in [0, 0.1) is 4.91 Å². The summed E-state index contributed by atoms with van der Waals surface area (Å²) < 4.78 is 5.28. The number of ether oxygens (including phenoxy) is 1. The molecule has 0 aromatic heterocycles. The second-order valence-electron chi connectivity index (χ2n) is 3.54. The third kappa shape index (κ3) is 2.65. The van der Waals surface area contributed by atoms with Crippen LogP contribution in [0.4, 0.5) is 0 Å². The van der Waals surface area contributed by atoms with Gasteiger partial charge in [0, 0.05) is 5.56 Å². The second-order valence-corrected chi connectivity index (χ2v) is 3.54. The summed E-state index contributed by atoms with van der Waals surface area (Å²) in [4.78, 5) is 10.0. The Morgan fingerprint density at radius 3 is 2.67 bits per heavy atom. The Kier molecular flexibility index (Phi) is 4.03. The van der Waals surface area contributed by atoms with Crippen molar-refractivity contribution in [2.75, 3.05) is 7.11 Å². The molecule has 1 aromatic rings. The fraction of sp³-hybridized carbons (Fsp3) is 0.333. The summed E-state index contributed by atoms with van der Waals surface area (Å²) >= 11 is 0. The van der Waals surface area contributed by atoms with Crippen molar-refractivity contribution in [2.45, 2.75) is 19.8 Å². The molecule has 0 fully saturated rings. The molecule has 0 radical (unpaired) electrons. The number of methoxy groups -OCH3 is 1. The zero-order valence-corrected chi connectivity index (χ0v) is 9.23. The zero-order valence-electron chi connectivity index (χ0n) is 9.23. The first-order valence-corrected chi connectivity index (χ1v) is 4.86. The van der Waals surface area contributed by atoms with E-state index in [-0.39, 0.29) is 0 Å². The van der Waals surface area contributed by atoms with E-state index in [4.69, 9.17) is 4.74 Å². The van der Waals surface area contributed by atoms with Crippen molar-refractivity contribution in [3.8, 4) is 5.75 Å². The first-order valence-electron chi connectivity index (χ1n) is 4.86. The Hall–Kier alpha value is -1.64. The van der Waals surface area contributed by atoms with E-state index in [1.54, 1.807) is 13.2 Å². The molecule has 0 bridgehead atoms. The molecule has 0 aliphatic heterocycles. The molecule has 3 heteroatoms. The van der Waals surface area contributed by atoms with Crippen LogP contribution in [0.1, 0.15) is 30.9 Å². The van der Waals surface area contributed by atoms with E-state index in [1.165, 1.54) is 6.20 Å². The molecule has 0 aliphatic carbocycles. The van der Waals surface area contributed by atoms with E-state index in [9.17, 15) is 4.91 Å². The van der Waals surface area contributed by atoms with Gasteiger partial charge in [0.25, 0.3) is 0 Å². The minimum atomic E-state index is 0.340. The van der Waals surface area contributed by atoms with Crippen LogP contribution >= 0.6 is 0 Å². The Morgan fingerprint density at radius 2 is 2.13 bits per heavy atom. The Balaban J connectivity index is 3.24. The van der Waals surface area contributed by atoms with Crippen LogP contribution in [0.2, 0.25) is 0 Å². The molecule has 0 atom stereocenters. The number of hydrogen-bond donors (Lipinski definition) is 0. The number of nitroso groups, excluding NO2 is 1. The van der Waals surface area contributed by atoms with E-state index in [0.717, 1.165) is 16.9 Å². The zero-order chi connectivity index (χ0) is 11.3. The van der Waals surface area contributed by atoms with Crippen molar-refractivity contribution in [1.82, 2.24) is 0 Å². The molecular formula is C12H15NO2. The molecule has 0 saturated heterocycles. The van der Waals surface area contributed by atoms with Gasteiger partial charge in [-0.05, 0) is 28.8 Å². The molecule has 0 amide bonds. The van der Waals surface area contributed by atoms with Gasteiger partial charge >= 0.3 is 0 Å². The summed E-state index contributed by atoms with van der Waals surface area (Å²) in [6.45, 7) is 4.17. The number of benzene rings is 1. The fourth-order valence-corrected chi connectivity index (χ4v) is 1.61. The first kappa shape index (κ1) is 11.4. The maximum absolute atomic E-state index is 10.0. The lowest BCUT2D eigenvalue weighted by molar-refractivity contribution is 0.407. The predicted molar refractivity (Wildman–Crippen MR) is 61.9 cm³/mol. The van der Waals surface area contributed by atoms with Crippen molar-refractivity contribution in [2.24, 2.45) is 5.18 Å². The number of nitrogens with zero attached hydrogens (tertiary/aromatic N) is 1. The molecular weight excluding hydrogens is 190 g/mol. The topological polar surface area (TPSA) is 38.7 Å². The van der Waals surface area contributed by atoms with Crippen LogP contribution in [0.25, 0.3) is 6.08 Å². The first-order chi connectivity index (χ1) is 7.20. The molecule has 0 unspecified atom stereocenters. The second kappa shape index (κ2) is 5.29. The molecule has 80 valence electrons. The lowest BCUT2D eigenvalue weighted by Crippen LogP contribution is -1.97. The normalized spacial score (nSPS) is 10.9. The van der Waals surface area contributed by atoms with E-state index in [1.807, 2.05) is 18.2 Å². The molecule has 0 aliphatic rings. The highest BCUT2D eigenvalue weighted by Crippen LogP contribution is 2.30. The third-order valence-electron chi connectivity index (χ3n) is 2.21. The highest BCUT2D eigenvalue weighted by atomic mass is 16.5. The third-order valence-corrected chi connectivity index (χ3v) is 2.21. The minimum Gasteiger partial charge on any atom is -0.496 e. The monoisotopic (exact) mass is 205 g/mol. The molecule has 0 heterocycles. The van der Waals surface area contributed by atoms with Gasteiger partial charge in [0.15, 0.2) is 0 Å². The van der Waals surface area contributed by atoms with Gasteiger partial charge in [-0.15, -0.1) is 4.91 Å². The largest absolute Gasteiger partial charge is 0.496 e. The highest BCUT2D eigenvalue weighted by molar-refractivity contribution is 5.59. The van der Waals surface area contributed by atoms with Gasteiger partial charge in [-0.2, -0.15) is 0 Å². The van der Waals surface area contributed by atoms with Crippen LogP contribution in [-0.4, -0.2) is 7.11 Å². The summed E-state index contributed by atoms with van der Waals surface area (Å²) in [5, 5.41) is 2.72. The van der Waals surface area contributed by atoms with Crippen LogP contribution in [0.5, 0.6) is 5.75 Å². The smallest absolute Gasteiger partial charge is 0.122 e. The number of hydrogen-bond acceptors (Lipinski definition) is 3. The highest BCUT2D eigenvalue weighted by Gasteiger charge is 2.10. The van der Waals surface area contributed by atoms with E-state index in [0.29, 0.717) is 5.92 Å². The number of rotatable bonds is 4. The van der Waals surface area contributed by atoms with E-state index >= 15 is 0 Å². The average Bonchev–Trinajstić information content (AvgIpc) is 2.25. The molecule has 3 nitrogen and oxygen atoms in total. The molecule has 0 N–H and O–H groups in total. The summed E-state index contributed by atoms with van der Waals surface area (Å²) in [7, 11) is 1.65. The van der Waals surface area contributed by atoms with Gasteiger partial charge in [0.1, 0.15) is 5.75 Å². The Labute approximate surface area is 89.7 Å². The van der Waals surface area contributed by atoms with Crippen molar-refractivity contribution in [1.29, 1.82) is 0 Å². The van der Waals surface area contributed by atoms with Crippen molar-refractivity contribution in [3.05, 3.63) is 40.4 Å². The average molecular weight is 205 g/mol. The molecule has 15 heavy (non-hydrogen) atoms. The van der Waals surface area contributed by atoms with Crippen LogP contribution in [-0.2, 0) is 0 Å². The lowest BCUT2D eigenvalue weighted by atomic mass is 9.96. The summed E-state index contributed by atoms with van der Waals surface area (Å²) in [5.74, 6) is 1.19. The lowest BCUT2D eigenvalue weighted by Gasteiger charge is -2.14. The van der Waals surface area contributed by atoms with Gasteiger partial charge in [-0.3, -0.25) is 0 Å². The molecule has 0 spiro atoms. The fourth-order valence-electron chi connectivity index (χ4n) is 1.61. The van der Waals surface area contributed by atoms with Crippen LogP contribution in [0.3, 0.4) is 0 Å². The van der Waals surface area contributed by atoms with E-state index in [2.05, 4.69) is 19.0 Å².